The van der Waals surface area contributed by atoms with Gasteiger partial charge in [-0.3, -0.25) is 19.4 Å². The number of pyridine rings is 2. The van der Waals surface area contributed by atoms with Crippen LogP contribution in [0.5, 0.6) is 5.75 Å². The maximum absolute atomic E-state index is 13.4. The summed E-state index contributed by atoms with van der Waals surface area (Å²) in [6.45, 7) is 3.31. The van der Waals surface area contributed by atoms with Crippen molar-refractivity contribution in [3.63, 3.8) is 0 Å². The predicted molar refractivity (Wildman–Crippen MR) is 136 cm³/mol. The van der Waals surface area contributed by atoms with Gasteiger partial charge in [-0.1, -0.05) is 18.2 Å². The first-order chi connectivity index (χ1) is 17.5. The molecule has 0 radical (unpaired) electrons. The topological polar surface area (TPSA) is 111 Å². The number of fused-ring (bicyclic) bond motifs is 2. The molecule has 0 unspecified atom stereocenters. The fraction of sp³-hybridized carbons (Fsp3) is 0.333. The lowest BCUT2D eigenvalue weighted by molar-refractivity contribution is 0.0933. The van der Waals surface area contributed by atoms with Gasteiger partial charge in [0.05, 0.1) is 30.7 Å². The first kappa shape index (κ1) is 23.7. The summed E-state index contributed by atoms with van der Waals surface area (Å²) in [5.74, 6) is 0.376. The molecule has 1 aliphatic rings. The number of nitrogens with zero attached hydrogens (tertiary/aromatic N) is 3. The Morgan fingerprint density at radius 2 is 2.06 bits per heavy atom. The number of rotatable bonds is 7. The van der Waals surface area contributed by atoms with Gasteiger partial charge in [-0.2, -0.15) is 0 Å². The van der Waals surface area contributed by atoms with Crippen LogP contribution >= 0.6 is 0 Å². The third-order valence-corrected chi connectivity index (χ3v) is 6.65. The third kappa shape index (κ3) is 4.49. The number of methoxy groups -OCH3 is 1. The molecule has 2 N–H and O–H groups in total. The molecule has 9 heteroatoms. The Morgan fingerprint density at radius 3 is 2.78 bits per heavy atom. The second kappa shape index (κ2) is 9.94. The number of carbonyl (C=O) groups is 1. The maximum Gasteiger partial charge on any atom is 0.267 e. The highest BCUT2D eigenvalue weighted by Gasteiger charge is 2.22. The van der Waals surface area contributed by atoms with Crippen molar-refractivity contribution in [1.82, 2.24) is 19.3 Å². The first-order valence-electron chi connectivity index (χ1n) is 12.1. The molecule has 9 nitrogen and oxygen atoms in total. The molecule has 3 aromatic heterocycles. The fourth-order valence-corrected chi connectivity index (χ4v) is 4.65. The SMILES string of the molecule is COc1ccc(CCNC(=O)c2cc3c(=O)n4cccc(C)c4nc3n(C[C@H]3CCCO3)c2=N)cc1. The van der Waals surface area contributed by atoms with Crippen LogP contribution in [0.4, 0.5) is 0 Å². The van der Waals surface area contributed by atoms with Crippen LogP contribution in [0.1, 0.15) is 34.3 Å². The standard InChI is InChI=1S/C27H29N5O4/c1-17-5-3-13-31-24(17)30-25-22(27(31)34)15-21(23(28)32(25)16-20-6-4-14-36-20)26(33)29-12-11-18-7-9-19(35-2)10-8-18/h3,5,7-10,13,15,20,28H,4,6,11-12,14,16H2,1-2H3,(H,29,33)/t20-/m1/s1. The lowest BCUT2D eigenvalue weighted by Gasteiger charge is -2.18. The van der Waals surface area contributed by atoms with Crippen molar-refractivity contribution in [2.75, 3.05) is 20.3 Å². The number of carbonyl (C=O) groups excluding carboxylic acids is 1. The van der Waals surface area contributed by atoms with Gasteiger partial charge in [-0.25, -0.2) is 4.98 Å². The van der Waals surface area contributed by atoms with Crippen LogP contribution in [0.15, 0.2) is 53.5 Å². The van der Waals surface area contributed by atoms with Crippen molar-refractivity contribution in [3.05, 3.63) is 81.2 Å². The molecule has 1 aromatic carbocycles. The molecule has 1 fully saturated rings. The van der Waals surface area contributed by atoms with Crippen LogP contribution in [0, 0.1) is 12.3 Å². The van der Waals surface area contributed by atoms with Crippen LogP contribution in [-0.4, -0.2) is 46.2 Å². The Kier molecular flexibility index (Phi) is 6.56. The minimum Gasteiger partial charge on any atom is -0.497 e. The Labute approximate surface area is 207 Å². The van der Waals surface area contributed by atoms with Crippen molar-refractivity contribution >= 4 is 22.6 Å². The van der Waals surface area contributed by atoms with Gasteiger partial charge in [0.25, 0.3) is 11.5 Å². The number of aryl methyl sites for hydroxylation is 1. The summed E-state index contributed by atoms with van der Waals surface area (Å²) in [6, 6.07) is 12.8. The second-order valence-corrected chi connectivity index (χ2v) is 9.05. The van der Waals surface area contributed by atoms with E-state index >= 15 is 0 Å². The maximum atomic E-state index is 13.4. The Bertz CT molecular complexity index is 1550. The first-order valence-corrected chi connectivity index (χ1v) is 12.1. The molecule has 4 aromatic rings. The van der Waals surface area contributed by atoms with E-state index in [1.807, 2.05) is 37.3 Å². The van der Waals surface area contributed by atoms with E-state index in [2.05, 4.69) is 5.32 Å². The van der Waals surface area contributed by atoms with Gasteiger partial charge in [-0.15, -0.1) is 0 Å². The van der Waals surface area contributed by atoms with Crippen molar-refractivity contribution in [1.29, 1.82) is 5.41 Å². The van der Waals surface area contributed by atoms with Crippen molar-refractivity contribution in [2.45, 2.75) is 38.8 Å². The molecule has 36 heavy (non-hydrogen) atoms. The van der Waals surface area contributed by atoms with Crippen molar-refractivity contribution < 1.29 is 14.3 Å². The van der Waals surface area contributed by atoms with E-state index in [0.29, 0.717) is 42.8 Å². The Morgan fingerprint density at radius 1 is 1.25 bits per heavy atom. The molecular formula is C27H29N5O4. The molecule has 0 bridgehead atoms. The fourth-order valence-electron chi connectivity index (χ4n) is 4.65. The highest BCUT2D eigenvalue weighted by atomic mass is 16.5. The average molecular weight is 488 g/mol. The molecule has 1 saturated heterocycles. The van der Waals surface area contributed by atoms with Gasteiger partial charge in [0, 0.05) is 19.3 Å². The van der Waals surface area contributed by atoms with Gasteiger partial charge in [0.15, 0.2) is 0 Å². The summed E-state index contributed by atoms with van der Waals surface area (Å²) in [4.78, 5) is 31.4. The molecule has 4 heterocycles. The minimum atomic E-state index is -0.398. The molecule has 0 spiro atoms. The molecule has 1 atom stereocenters. The summed E-state index contributed by atoms with van der Waals surface area (Å²) in [7, 11) is 1.62. The lowest BCUT2D eigenvalue weighted by atomic mass is 10.1. The molecule has 1 amide bonds. The van der Waals surface area contributed by atoms with E-state index < -0.39 is 5.91 Å². The van der Waals surface area contributed by atoms with Crippen molar-refractivity contribution in [2.24, 2.45) is 0 Å². The molecule has 0 aliphatic carbocycles. The monoisotopic (exact) mass is 487 g/mol. The zero-order valence-electron chi connectivity index (χ0n) is 20.4. The number of benzene rings is 1. The number of aromatic nitrogens is 3. The van der Waals surface area contributed by atoms with Crippen LogP contribution in [0.25, 0.3) is 16.7 Å². The van der Waals surface area contributed by atoms with Gasteiger partial charge in [-0.05, 0) is 61.6 Å². The van der Waals surface area contributed by atoms with Crippen LogP contribution in [0.3, 0.4) is 0 Å². The lowest BCUT2D eigenvalue weighted by Crippen LogP contribution is -2.37. The number of amides is 1. The minimum absolute atomic E-state index is 0.0183. The van der Waals surface area contributed by atoms with E-state index in [1.165, 1.54) is 10.5 Å². The molecule has 5 rings (SSSR count). The van der Waals surface area contributed by atoms with E-state index in [4.69, 9.17) is 19.9 Å². The number of hydrogen-bond acceptors (Lipinski definition) is 6. The molecular weight excluding hydrogens is 458 g/mol. The molecule has 0 saturated carbocycles. The highest BCUT2D eigenvalue weighted by Crippen LogP contribution is 2.18. The largest absolute Gasteiger partial charge is 0.497 e. The Hall–Kier alpha value is -3.98. The average Bonchev–Trinajstić information content (AvgIpc) is 3.40. The summed E-state index contributed by atoms with van der Waals surface area (Å²) in [5, 5.41) is 12.1. The molecule has 186 valence electrons. The Balaban J connectivity index is 1.52. The third-order valence-electron chi connectivity index (χ3n) is 6.65. The predicted octanol–water partition coefficient (Wildman–Crippen LogP) is 2.60. The number of hydrogen-bond donors (Lipinski definition) is 2. The summed E-state index contributed by atoms with van der Waals surface area (Å²) < 4.78 is 14.1. The van der Waals surface area contributed by atoms with Gasteiger partial charge in [0.1, 0.15) is 22.5 Å². The van der Waals surface area contributed by atoms with Gasteiger partial charge in [0.2, 0.25) is 0 Å². The normalized spacial score (nSPS) is 15.4. The van der Waals surface area contributed by atoms with Crippen molar-refractivity contribution in [3.8, 4) is 5.75 Å². The zero-order chi connectivity index (χ0) is 25.2. The van der Waals surface area contributed by atoms with Gasteiger partial charge < -0.3 is 19.4 Å². The van der Waals surface area contributed by atoms with Crippen LogP contribution in [-0.2, 0) is 17.7 Å². The van der Waals surface area contributed by atoms with Gasteiger partial charge >= 0.3 is 0 Å². The van der Waals surface area contributed by atoms with E-state index in [9.17, 15) is 9.59 Å². The molecule has 1 aliphatic heterocycles. The van der Waals surface area contributed by atoms with E-state index in [0.717, 1.165) is 29.7 Å². The summed E-state index contributed by atoms with van der Waals surface area (Å²) >= 11 is 0. The van der Waals surface area contributed by atoms with Crippen LogP contribution in [0.2, 0.25) is 0 Å². The summed E-state index contributed by atoms with van der Waals surface area (Å²) in [6.07, 6.45) is 4.01. The quantitative estimate of drug-likeness (QED) is 0.390. The van der Waals surface area contributed by atoms with E-state index in [-0.39, 0.29) is 22.7 Å². The van der Waals surface area contributed by atoms with E-state index in [1.54, 1.807) is 23.9 Å². The number of nitrogens with one attached hydrogen (secondary N) is 2. The smallest absolute Gasteiger partial charge is 0.267 e. The second-order valence-electron chi connectivity index (χ2n) is 9.05. The zero-order valence-corrected chi connectivity index (χ0v) is 20.4. The van der Waals surface area contributed by atoms with Crippen LogP contribution < -0.4 is 21.1 Å². The summed E-state index contributed by atoms with van der Waals surface area (Å²) in [5.41, 5.74) is 2.72. The number of ether oxygens (including phenoxy) is 2. The highest BCUT2D eigenvalue weighted by molar-refractivity contribution is 5.96.